The van der Waals surface area contributed by atoms with E-state index < -0.39 is 0 Å². The van der Waals surface area contributed by atoms with Gasteiger partial charge in [0.15, 0.2) is 0 Å². The van der Waals surface area contributed by atoms with Gasteiger partial charge < -0.3 is 10.4 Å². The summed E-state index contributed by atoms with van der Waals surface area (Å²) in [7, 11) is 0. The van der Waals surface area contributed by atoms with Gasteiger partial charge in [0.1, 0.15) is 0 Å². The Morgan fingerprint density at radius 2 is 2.32 bits per heavy atom. The Balaban J connectivity index is 1.61. The quantitative estimate of drug-likeness (QED) is 0.842. The van der Waals surface area contributed by atoms with Crippen LogP contribution in [-0.4, -0.2) is 33.1 Å². The van der Waals surface area contributed by atoms with E-state index in [2.05, 4.69) is 10.4 Å². The highest BCUT2D eigenvalue weighted by Gasteiger charge is 2.44. The normalized spacial score (nSPS) is 30.9. The average Bonchev–Trinajstić information content (AvgIpc) is 2.97. The smallest absolute Gasteiger partial charge is 0.0785 e. The lowest BCUT2D eigenvalue weighted by Gasteiger charge is -2.35. The zero-order valence-corrected chi connectivity index (χ0v) is 11.9. The zero-order valence-electron chi connectivity index (χ0n) is 11.2. The van der Waals surface area contributed by atoms with E-state index in [1.165, 1.54) is 25.7 Å². The first-order chi connectivity index (χ1) is 9.22. The molecule has 0 aromatic carbocycles. The van der Waals surface area contributed by atoms with Crippen LogP contribution in [0.15, 0.2) is 12.4 Å². The predicted molar refractivity (Wildman–Crippen MR) is 75.2 cm³/mol. The molecular weight excluding hydrogens is 262 g/mol. The number of hydrogen-bond donors (Lipinski definition) is 2. The molecule has 106 valence electrons. The fourth-order valence-electron chi connectivity index (χ4n) is 3.39. The van der Waals surface area contributed by atoms with Gasteiger partial charge in [-0.15, -0.1) is 0 Å². The summed E-state index contributed by atoms with van der Waals surface area (Å²) in [6, 6.07) is 0.645. The van der Waals surface area contributed by atoms with Crippen LogP contribution in [0.5, 0.6) is 0 Å². The van der Waals surface area contributed by atoms with Gasteiger partial charge in [0, 0.05) is 24.3 Å². The molecule has 0 bridgehead atoms. The molecule has 3 rings (SSSR count). The van der Waals surface area contributed by atoms with Crippen LogP contribution in [-0.2, 0) is 6.54 Å². The first kappa shape index (κ1) is 13.4. The van der Waals surface area contributed by atoms with E-state index in [0.29, 0.717) is 17.0 Å². The minimum Gasteiger partial charge on any atom is -0.394 e. The molecule has 0 amide bonds. The van der Waals surface area contributed by atoms with Gasteiger partial charge in [-0.1, -0.05) is 18.0 Å². The Hall–Kier alpha value is -0.580. The molecule has 0 aliphatic heterocycles. The van der Waals surface area contributed by atoms with Gasteiger partial charge in [-0.25, -0.2) is 0 Å². The summed E-state index contributed by atoms with van der Waals surface area (Å²) < 4.78 is 1.90. The number of hydrogen-bond acceptors (Lipinski definition) is 3. The maximum atomic E-state index is 9.86. The van der Waals surface area contributed by atoms with Gasteiger partial charge in [0.2, 0.25) is 0 Å². The Labute approximate surface area is 119 Å². The van der Waals surface area contributed by atoms with E-state index in [0.717, 1.165) is 19.4 Å². The van der Waals surface area contributed by atoms with Crippen molar-refractivity contribution in [2.24, 2.45) is 5.92 Å². The van der Waals surface area contributed by atoms with E-state index >= 15 is 0 Å². The van der Waals surface area contributed by atoms with E-state index in [9.17, 15) is 5.11 Å². The molecule has 0 radical (unpaired) electrons. The van der Waals surface area contributed by atoms with Crippen LogP contribution in [0.3, 0.4) is 0 Å². The lowest BCUT2D eigenvalue weighted by atomic mass is 9.85. The highest BCUT2D eigenvalue weighted by atomic mass is 35.5. The summed E-state index contributed by atoms with van der Waals surface area (Å²) in [5.41, 5.74) is -0.0435. The number of rotatable bonds is 6. The maximum absolute atomic E-state index is 9.86. The van der Waals surface area contributed by atoms with E-state index in [4.69, 9.17) is 11.6 Å². The second-order valence-electron chi connectivity index (χ2n) is 6.03. The van der Waals surface area contributed by atoms with E-state index in [1.54, 1.807) is 6.20 Å². The van der Waals surface area contributed by atoms with Crippen molar-refractivity contribution in [1.29, 1.82) is 0 Å². The predicted octanol–water partition coefficient (Wildman–Crippen LogP) is 2.21. The van der Waals surface area contributed by atoms with Crippen molar-refractivity contribution in [2.75, 3.05) is 6.61 Å². The minimum absolute atomic E-state index is 0.0435. The number of halogens is 1. The molecule has 1 aromatic rings. The van der Waals surface area contributed by atoms with Crippen LogP contribution < -0.4 is 5.32 Å². The second-order valence-corrected chi connectivity index (χ2v) is 6.47. The largest absolute Gasteiger partial charge is 0.394 e. The number of nitrogens with zero attached hydrogens (tertiary/aromatic N) is 2. The molecule has 2 aliphatic rings. The highest BCUT2D eigenvalue weighted by Crippen LogP contribution is 2.40. The van der Waals surface area contributed by atoms with Crippen molar-refractivity contribution in [1.82, 2.24) is 15.1 Å². The standard InChI is InChI=1S/C14H22ClN3O/c15-12-8-16-18(9-12)7-5-11-2-1-6-14(11,10-19)17-13-3-4-13/h8-9,11,13,17,19H,1-7,10H2. The summed E-state index contributed by atoms with van der Waals surface area (Å²) >= 11 is 5.88. The van der Waals surface area contributed by atoms with Crippen LogP contribution >= 0.6 is 11.6 Å². The molecule has 0 spiro atoms. The van der Waals surface area contributed by atoms with Gasteiger partial charge in [-0.3, -0.25) is 4.68 Å². The van der Waals surface area contributed by atoms with Crippen molar-refractivity contribution in [3.8, 4) is 0 Å². The van der Waals surface area contributed by atoms with Crippen molar-refractivity contribution < 1.29 is 5.11 Å². The summed E-state index contributed by atoms with van der Waals surface area (Å²) in [6.07, 6.45) is 10.7. The third-order valence-corrected chi connectivity index (χ3v) is 4.81. The number of aliphatic hydroxyl groups is 1. The maximum Gasteiger partial charge on any atom is 0.0785 e. The summed E-state index contributed by atoms with van der Waals surface area (Å²) in [5.74, 6) is 0.543. The third-order valence-electron chi connectivity index (χ3n) is 4.62. The lowest BCUT2D eigenvalue weighted by molar-refractivity contribution is 0.114. The number of aliphatic hydroxyl groups excluding tert-OH is 1. The van der Waals surface area contributed by atoms with E-state index in [-0.39, 0.29) is 12.1 Å². The molecule has 2 aliphatic carbocycles. The first-order valence-electron chi connectivity index (χ1n) is 7.28. The topological polar surface area (TPSA) is 50.1 Å². The van der Waals surface area contributed by atoms with Gasteiger partial charge in [0.25, 0.3) is 0 Å². The summed E-state index contributed by atoms with van der Waals surface area (Å²) in [5, 5.41) is 18.5. The minimum atomic E-state index is -0.0435. The fourth-order valence-corrected chi connectivity index (χ4v) is 3.55. The van der Waals surface area contributed by atoms with Crippen LogP contribution in [0.25, 0.3) is 0 Å². The molecule has 2 fully saturated rings. The molecule has 2 N–H and O–H groups in total. The van der Waals surface area contributed by atoms with Gasteiger partial charge in [-0.05, 0) is 38.0 Å². The number of aromatic nitrogens is 2. The van der Waals surface area contributed by atoms with Crippen LogP contribution in [0.2, 0.25) is 5.02 Å². The van der Waals surface area contributed by atoms with Gasteiger partial charge in [0.05, 0.1) is 17.8 Å². The lowest BCUT2D eigenvalue weighted by Crippen LogP contribution is -2.52. The Morgan fingerprint density at radius 3 is 2.95 bits per heavy atom. The molecular formula is C14H22ClN3O. The molecule has 2 atom stereocenters. The summed E-state index contributed by atoms with van der Waals surface area (Å²) in [4.78, 5) is 0. The molecule has 0 saturated heterocycles. The van der Waals surface area contributed by atoms with Crippen LogP contribution in [0.4, 0.5) is 0 Å². The Morgan fingerprint density at radius 1 is 1.47 bits per heavy atom. The second kappa shape index (κ2) is 5.43. The molecule has 1 aromatic heterocycles. The van der Waals surface area contributed by atoms with Crippen molar-refractivity contribution in [2.45, 2.75) is 56.7 Å². The Kier molecular flexibility index (Phi) is 3.83. The molecule has 5 heteroatoms. The van der Waals surface area contributed by atoms with Crippen molar-refractivity contribution >= 4 is 11.6 Å². The molecule has 1 heterocycles. The van der Waals surface area contributed by atoms with Crippen LogP contribution in [0.1, 0.15) is 38.5 Å². The molecule has 19 heavy (non-hydrogen) atoms. The molecule has 2 saturated carbocycles. The van der Waals surface area contributed by atoms with Crippen molar-refractivity contribution in [3.05, 3.63) is 17.4 Å². The monoisotopic (exact) mass is 283 g/mol. The number of nitrogens with one attached hydrogen (secondary N) is 1. The first-order valence-corrected chi connectivity index (χ1v) is 7.66. The fraction of sp³-hybridized carbons (Fsp3) is 0.786. The van der Waals surface area contributed by atoms with Gasteiger partial charge >= 0.3 is 0 Å². The van der Waals surface area contributed by atoms with Crippen LogP contribution in [0, 0.1) is 5.92 Å². The highest BCUT2D eigenvalue weighted by molar-refractivity contribution is 6.30. The molecule has 2 unspecified atom stereocenters. The summed E-state index contributed by atoms with van der Waals surface area (Å²) in [6.45, 7) is 1.14. The Bertz CT molecular complexity index is 432. The number of aryl methyl sites for hydroxylation is 1. The van der Waals surface area contributed by atoms with Crippen molar-refractivity contribution in [3.63, 3.8) is 0 Å². The average molecular weight is 284 g/mol. The third kappa shape index (κ3) is 2.96. The molecule has 4 nitrogen and oxygen atoms in total. The van der Waals surface area contributed by atoms with E-state index in [1.807, 2.05) is 10.9 Å². The van der Waals surface area contributed by atoms with Gasteiger partial charge in [-0.2, -0.15) is 5.10 Å². The zero-order chi connectivity index (χ0) is 13.3. The SMILES string of the molecule is OCC1(NC2CC2)CCCC1CCn1cc(Cl)cn1.